The third kappa shape index (κ3) is 5.00. The van der Waals surface area contributed by atoms with Crippen LogP contribution in [0.5, 0.6) is 0 Å². The third-order valence-electron chi connectivity index (χ3n) is 3.96. The molecule has 0 radical (unpaired) electrons. The molecule has 7 nitrogen and oxygen atoms in total. The first-order chi connectivity index (χ1) is 14.3. The molecular formula is C21H14FN3O4S. The monoisotopic (exact) mass is 423 g/mol. The molecule has 3 rings (SSSR count). The van der Waals surface area contributed by atoms with Crippen molar-refractivity contribution in [3.05, 3.63) is 93.6 Å². The van der Waals surface area contributed by atoms with Crippen LogP contribution in [0.4, 0.5) is 10.1 Å². The van der Waals surface area contributed by atoms with Gasteiger partial charge in [-0.3, -0.25) is 19.7 Å². The van der Waals surface area contributed by atoms with Gasteiger partial charge in [0.05, 0.1) is 15.4 Å². The minimum Gasteiger partial charge on any atom is -0.294 e. The van der Waals surface area contributed by atoms with E-state index in [-0.39, 0.29) is 16.8 Å². The molecule has 0 saturated carbocycles. The Kier molecular flexibility index (Phi) is 6.43. The summed E-state index contributed by atoms with van der Waals surface area (Å²) in [4.78, 5) is 44.1. The van der Waals surface area contributed by atoms with Crippen LogP contribution in [0.25, 0.3) is 6.08 Å². The number of carbonyl (C=O) groups is 2. The van der Waals surface area contributed by atoms with Gasteiger partial charge in [0.25, 0.3) is 5.69 Å². The molecule has 0 aliphatic heterocycles. The summed E-state index contributed by atoms with van der Waals surface area (Å²) in [7, 11) is 0. The molecule has 2 aromatic carbocycles. The molecule has 0 amide bonds. The van der Waals surface area contributed by atoms with Gasteiger partial charge in [0.2, 0.25) is 0 Å². The first-order valence-electron chi connectivity index (χ1n) is 8.61. The van der Waals surface area contributed by atoms with Crippen molar-refractivity contribution in [2.75, 3.05) is 0 Å². The molecule has 9 heteroatoms. The number of nitro groups is 1. The summed E-state index contributed by atoms with van der Waals surface area (Å²) in [6.07, 6.45) is 4.34. The first kappa shape index (κ1) is 21.0. The lowest BCUT2D eigenvalue weighted by Gasteiger charge is -2.06. The average molecular weight is 423 g/mol. The SMILES string of the molecule is CC(=O)C(=Cc1ccc(Sc2ncccn2)c([N+](=O)[O-])c1)C(=O)c1ccc(F)cc1. The summed E-state index contributed by atoms with van der Waals surface area (Å²) in [6.45, 7) is 1.22. The Balaban J connectivity index is 1.98. The molecular weight excluding hydrogens is 409 g/mol. The molecule has 0 bridgehead atoms. The quantitative estimate of drug-likeness (QED) is 0.105. The van der Waals surface area contributed by atoms with Crippen LogP contribution in [0.1, 0.15) is 22.8 Å². The van der Waals surface area contributed by atoms with E-state index in [2.05, 4.69) is 9.97 Å². The van der Waals surface area contributed by atoms with Crippen LogP contribution in [0.3, 0.4) is 0 Å². The number of hydrogen-bond donors (Lipinski definition) is 0. The van der Waals surface area contributed by atoms with Crippen molar-refractivity contribution in [2.45, 2.75) is 17.0 Å². The molecule has 0 aliphatic rings. The second-order valence-electron chi connectivity index (χ2n) is 6.07. The molecule has 3 aromatic rings. The Morgan fingerprint density at radius 3 is 2.37 bits per heavy atom. The Morgan fingerprint density at radius 2 is 1.77 bits per heavy atom. The maximum atomic E-state index is 13.1. The summed E-state index contributed by atoms with van der Waals surface area (Å²) in [5.41, 5.74) is 0.0717. The number of nitrogens with zero attached hydrogens (tertiary/aromatic N) is 3. The minimum absolute atomic E-state index is 0.140. The highest BCUT2D eigenvalue weighted by atomic mass is 32.2. The van der Waals surface area contributed by atoms with Crippen molar-refractivity contribution in [3.8, 4) is 0 Å². The van der Waals surface area contributed by atoms with Crippen molar-refractivity contribution in [2.24, 2.45) is 0 Å². The zero-order valence-electron chi connectivity index (χ0n) is 15.6. The number of carbonyl (C=O) groups excluding carboxylic acids is 2. The van der Waals surface area contributed by atoms with Gasteiger partial charge in [-0.05, 0) is 66.7 Å². The predicted octanol–water partition coefficient (Wildman–Crippen LogP) is 4.53. The number of halogens is 1. The fourth-order valence-electron chi connectivity index (χ4n) is 2.54. The molecule has 0 atom stereocenters. The van der Waals surface area contributed by atoms with Gasteiger partial charge in [0, 0.05) is 24.0 Å². The summed E-state index contributed by atoms with van der Waals surface area (Å²) in [6, 6.07) is 10.7. The van der Waals surface area contributed by atoms with Gasteiger partial charge in [-0.15, -0.1) is 0 Å². The van der Waals surface area contributed by atoms with Gasteiger partial charge >= 0.3 is 0 Å². The van der Waals surface area contributed by atoms with E-state index < -0.39 is 22.3 Å². The maximum absolute atomic E-state index is 13.1. The molecule has 1 heterocycles. The van der Waals surface area contributed by atoms with Gasteiger partial charge in [-0.2, -0.15) is 0 Å². The molecule has 0 saturated heterocycles. The molecule has 0 N–H and O–H groups in total. The van der Waals surface area contributed by atoms with Gasteiger partial charge < -0.3 is 0 Å². The zero-order chi connectivity index (χ0) is 21.7. The highest BCUT2D eigenvalue weighted by molar-refractivity contribution is 7.99. The standard InChI is InChI=1S/C21H14FN3O4S/c1-13(26)17(20(27)15-4-6-16(22)7-5-15)11-14-3-8-19(18(12-14)25(28)29)30-21-23-9-2-10-24-21/h2-12H,1H3. The van der Waals surface area contributed by atoms with Crippen molar-refractivity contribution in [1.82, 2.24) is 9.97 Å². The summed E-state index contributed by atoms with van der Waals surface area (Å²) in [5.74, 6) is -1.62. The van der Waals surface area contributed by atoms with Crippen molar-refractivity contribution < 1.29 is 18.9 Å². The first-order valence-corrected chi connectivity index (χ1v) is 9.43. The Morgan fingerprint density at radius 1 is 1.10 bits per heavy atom. The molecule has 150 valence electrons. The molecule has 0 unspecified atom stereocenters. The number of ketones is 2. The van der Waals surface area contributed by atoms with E-state index in [1.807, 2.05) is 0 Å². The van der Waals surface area contributed by atoms with Crippen LogP contribution in [-0.2, 0) is 4.79 Å². The summed E-state index contributed by atoms with van der Waals surface area (Å²) >= 11 is 1.03. The highest BCUT2D eigenvalue weighted by Gasteiger charge is 2.20. The molecule has 30 heavy (non-hydrogen) atoms. The summed E-state index contributed by atoms with van der Waals surface area (Å²) < 4.78 is 13.1. The smallest absolute Gasteiger partial charge is 0.283 e. The number of nitro benzene ring substituents is 1. The third-order valence-corrected chi connectivity index (χ3v) is 4.92. The number of aromatic nitrogens is 2. The average Bonchev–Trinajstić information content (AvgIpc) is 2.73. The van der Waals surface area contributed by atoms with Gasteiger partial charge in [-0.25, -0.2) is 14.4 Å². The van der Waals surface area contributed by atoms with Crippen LogP contribution >= 0.6 is 11.8 Å². The molecule has 0 fully saturated rings. The van der Waals surface area contributed by atoms with Crippen molar-refractivity contribution in [3.63, 3.8) is 0 Å². The fourth-order valence-corrected chi connectivity index (χ4v) is 3.34. The van der Waals surface area contributed by atoms with Crippen molar-refractivity contribution >= 4 is 35.1 Å². The van der Waals surface area contributed by atoms with Crippen molar-refractivity contribution in [1.29, 1.82) is 0 Å². The van der Waals surface area contributed by atoms with Crippen LogP contribution in [0.2, 0.25) is 0 Å². The zero-order valence-corrected chi connectivity index (χ0v) is 16.4. The second kappa shape index (κ2) is 9.19. The largest absolute Gasteiger partial charge is 0.294 e. The van der Waals surface area contributed by atoms with Gasteiger partial charge in [0.15, 0.2) is 16.7 Å². The van der Waals surface area contributed by atoms with Crippen LogP contribution in [-0.4, -0.2) is 26.5 Å². The number of allylic oxidation sites excluding steroid dienone is 1. The Hall–Kier alpha value is -3.72. The Bertz CT molecular complexity index is 1150. The van der Waals surface area contributed by atoms with Crippen LogP contribution in [0.15, 0.2) is 76.5 Å². The van der Waals surface area contributed by atoms with E-state index in [1.54, 1.807) is 12.1 Å². The lowest BCUT2D eigenvalue weighted by Crippen LogP contribution is -2.10. The van der Waals surface area contributed by atoms with E-state index in [9.17, 15) is 24.1 Å². The topological polar surface area (TPSA) is 103 Å². The minimum atomic E-state index is -0.596. The van der Waals surface area contributed by atoms with E-state index in [1.165, 1.54) is 49.7 Å². The predicted molar refractivity (Wildman–Crippen MR) is 109 cm³/mol. The normalized spacial score (nSPS) is 11.2. The van der Waals surface area contributed by atoms with Crippen LogP contribution in [0, 0.1) is 15.9 Å². The molecule has 0 aliphatic carbocycles. The maximum Gasteiger partial charge on any atom is 0.283 e. The lowest BCUT2D eigenvalue weighted by atomic mass is 9.98. The van der Waals surface area contributed by atoms with E-state index in [4.69, 9.17) is 0 Å². The number of rotatable bonds is 7. The van der Waals surface area contributed by atoms with E-state index in [0.29, 0.717) is 15.6 Å². The summed E-state index contributed by atoms with van der Waals surface area (Å²) in [5, 5.41) is 11.9. The second-order valence-corrected chi connectivity index (χ2v) is 7.08. The van der Waals surface area contributed by atoms with E-state index in [0.717, 1.165) is 23.9 Å². The van der Waals surface area contributed by atoms with Crippen LogP contribution < -0.4 is 0 Å². The van der Waals surface area contributed by atoms with E-state index >= 15 is 0 Å². The highest BCUT2D eigenvalue weighted by Crippen LogP contribution is 2.34. The fraction of sp³-hybridized carbons (Fsp3) is 0.0476. The molecule has 0 spiro atoms. The molecule has 1 aromatic heterocycles. The van der Waals surface area contributed by atoms with Gasteiger partial charge in [-0.1, -0.05) is 6.07 Å². The Labute approximate surface area is 174 Å². The number of benzene rings is 2. The number of hydrogen-bond acceptors (Lipinski definition) is 7. The van der Waals surface area contributed by atoms with Gasteiger partial charge in [0.1, 0.15) is 5.82 Å². The number of Topliss-reactive ketones (excluding diaryl/α,β-unsaturated/α-hetero) is 2. The lowest BCUT2D eigenvalue weighted by molar-refractivity contribution is -0.387.